The average molecular weight is 529 g/mol. The van der Waals surface area contributed by atoms with Crippen LogP contribution in [0.25, 0.3) is 0 Å². The summed E-state index contributed by atoms with van der Waals surface area (Å²) in [5.74, 6) is 2.86. The summed E-state index contributed by atoms with van der Waals surface area (Å²) in [4.78, 5) is 4.67. The highest BCUT2D eigenvalue weighted by atomic mass is 127. The highest BCUT2D eigenvalue weighted by molar-refractivity contribution is 14.0. The molecule has 2 aromatic rings. The van der Waals surface area contributed by atoms with Gasteiger partial charge in [-0.05, 0) is 52.0 Å². The molecule has 0 bridgehead atoms. The molecule has 2 unspecified atom stereocenters. The third kappa shape index (κ3) is 6.04. The van der Waals surface area contributed by atoms with Crippen LogP contribution >= 0.6 is 24.0 Å². The molecule has 0 aliphatic carbocycles. The van der Waals surface area contributed by atoms with E-state index >= 15 is 0 Å². The van der Waals surface area contributed by atoms with Gasteiger partial charge in [-0.1, -0.05) is 0 Å². The SMILES string of the molecule is CCNC(=NCc1cc2c(cc1OCC)CC(C)O2)NCC(C)(O)c1ccco1.I. The summed E-state index contributed by atoms with van der Waals surface area (Å²) in [6.45, 7) is 9.73. The lowest BCUT2D eigenvalue weighted by Gasteiger charge is -2.22. The molecule has 0 fully saturated rings. The number of ether oxygens (including phenoxy) is 2. The molecule has 30 heavy (non-hydrogen) atoms. The first-order valence-corrected chi connectivity index (χ1v) is 10.2. The van der Waals surface area contributed by atoms with Crippen molar-refractivity contribution in [3.63, 3.8) is 0 Å². The maximum Gasteiger partial charge on any atom is 0.191 e. The first kappa shape index (κ1) is 24.3. The Balaban J connectivity index is 0.00000320. The van der Waals surface area contributed by atoms with Crippen LogP contribution in [0.3, 0.4) is 0 Å². The Kier molecular flexibility index (Phi) is 8.84. The summed E-state index contributed by atoms with van der Waals surface area (Å²) in [6.07, 6.45) is 2.63. The van der Waals surface area contributed by atoms with E-state index in [0.29, 0.717) is 31.4 Å². The van der Waals surface area contributed by atoms with E-state index in [1.807, 2.05) is 19.9 Å². The van der Waals surface area contributed by atoms with Gasteiger partial charge in [0.25, 0.3) is 0 Å². The van der Waals surface area contributed by atoms with Crippen LogP contribution in [-0.2, 0) is 18.6 Å². The molecule has 8 heteroatoms. The maximum atomic E-state index is 10.6. The Morgan fingerprint density at radius 2 is 2.13 bits per heavy atom. The van der Waals surface area contributed by atoms with Crippen molar-refractivity contribution >= 4 is 29.9 Å². The van der Waals surface area contributed by atoms with Gasteiger partial charge < -0.3 is 29.6 Å². The number of hydrogen-bond donors (Lipinski definition) is 3. The predicted octanol–water partition coefficient (Wildman–Crippen LogP) is 3.58. The van der Waals surface area contributed by atoms with Crippen molar-refractivity contribution in [1.29, 1.82) is 0 Å². The summed E-state index contributed by atoms with van der Waals surface area (Å²) in [5, 5.41) is 17.0. The second-order valence-corrected chi connectivity index (χ2v) is 7.43. The molecule has 2 heterocycles. The number of nitrogens with zero attached hydrogens (tertiary/aromatic N) is 1. The fourth-order valence-corrected chi connectivity index (χ4v) is 3.33. The first-order valence-electron chi connectivity index (χ1n) is 10.2. The van der Waals surface area contributed by atoms with Gasteiger partial charge in [0.2, 0.25) is 0 Å². The van der Waals surface area contributed by atoms with Crippen LogP contribution < -0.4 is 20.1 Å². The molecule has 0 saturated carbocycles. The zero-order valence-electron chi connectivity index (χ0n) is 18.0. The van der Waals surface area contributed by atoms with Crippen LogP contribution in [-0.4, -0.2) is 36.9 Å². The van der Waals surface area contributed by atoms with Crippen LogP contribution in [0.15, 0.2) is 39.9 Å². The third-order valence-corrected chi connectivity index (χ3v) is 4.78. The van der Waals surface area contributed by atoms with Crippen molar-refractivity contribution < 1.29 is 19.0 Å². The van der Waals surface area contributed by atoms with Gasteiger partial charge >= 0.3 is 0 Å². The molecule has 1 aliphatic heterocycles. The summed E-state index contributed by atoms with van der Waals surface area (Å²) in [5.41, 5.74) is 0.996. The number of aliphatic imine (C=N–C) groups is 1. The number of fused-ring (bicyclic) bond motifs is 1. The number of halogens is 1. The number of rotatable bonds is 8. The van der Waals surface area contributed by atoms with Crippen LogP contribution in [0, 0.1) is 0 Å². The number of guanidine groups is 1. The largest absolute Gasteiger partial charge is 0.494 e. The molecule has 3 rings (SSSR count). The Labute approximate surface area is 195 Å². The van der Waals surface area contributed by atoms with Crippen molar-refractivity contribution in [3.05, 3.63) is 47.4 Å². The van der Waals surface area contributed by atoms with Crippen molar-refractivity contribution in [1.82, 2.24) is 10.6 Å². The third-order valence-electron chi connectivity index (χ3n) is 4.78. The van der Waals surface area contributed by atoms with Gasteiger partial charge in [0.15, 0.2) is 5.96 Å². The molecule has 0 saturated heterocycles. The number of furan rings is 1. The van der Waals surface area contributed by atoms with Crippen molar-refractivity contribution in [2.24, 2.45) is 4.99 Å². The molecule has 2 atom stereocenters. The lowest BCUT2D eigenvalue weighted by atomic mass is 10.0. The van der Waals surface area contributed by atoms with E-state index in [-0.39, 0.29) is 36.6 Å². The molecule has 3 N–H and O–H groups in total. The fourth-order valence-electron chi connectivity index (χ4n) is 3.33. The van der Waals surface area contributed by atoms with E-state index in [9.17, 15) is 5.11 Å². The van der Waals surface area contributed by atoms with E-state index in [1.165, 1.54) is 5.56 Å². The zero-order chi connectivity index (χ0) is 20.9. The Hall–Kier alpha value is -1.94. The first-order chi connectivity index (χ1) is 13.9. The maximum absolute atomic E-state index is 10.6. The number of benzene rings is 1. The molecule has 1 aromatic carbocycles. The van der Waals surface area contributed by atoms with Crippen molar-refractivity contribution in [3.8, 4) is 11.5 Å². The quantitative estimate of drug-likeness (QED) is 0.275. The number of hydrogen-bond acceptors (Lipinski definition) is 5. The normalized spacial score (nSPS) is 17.4. The van der Waals surface area contributed by atoms with E-state index in [1.54, 1.807) is 25.3 Å². The van der Waals surface area contributed by atoms with Gasteiger partial charge in [0, 0.05) is 24.1 Å². The van der Waals surface area contributed by atoms with E-state index < -0.39 is 5.60 Å². The van der Waals surface area contributed by atoms with Crippen LogP contribution in [0.4, 0.5) is 0 Å². The lowest BCUT2D eigenvalue weighted by Crippen LogP contribution is -2.44. The number of nitrogens with one attached hydrogen (secondary N) is 2. The second kappa shape index (κ2) is 10.9. The van der Waals surface area contributed by atoms with Gasteiger partial charge in [-0.3, -0.25) is 0 Å². The Bertz CT molecular complexity index is 837. The molecule has 0 spiro atoms. The summed E-state index contributed by atoms with van der Waals surface area (Å²) >= 11 is 0. The molecule has 1 aliphatic rings. The van der Waals surface area contributed by atoms with Crippen molar-refractivity contribution in [2.75, 3.05) is 19.7 Å². The van der Waals surface area contributed by atoms with Gasteiger partial charge in [0.05, 0.1) is 26.0 Å². The van der Waals surface area contributed by atoms with Crippen LogP contribution in [0.1, 0.15) is 44.6 Å². The fraction of sp³-hybridized carbons (Fsp3) is 0.500. The Morgan fingerprint density at radius 3 is 2.80 bits per heavy atom. The van der Waals surface area contributed by atoms with E-state index in [0.717, 1.165) is 23.5 Å². The minimum atomic E-state index is -1.15. The summed E-state index contributed by atoms with van der Waals surface area (Å²) in [7, 11) is 0. The predicted molar refractivity (Wildman–Crippen MR) is 128 cm³/mol. The van der Waals surface area contributed by atoms with Crippen LogP contribution in [0.2, 0.25) is 0 Å². The monoisotopic (exact) mass is 529 g/mol. The van der Waals surface area contributed by atoms with E-state index in [4.69, 9.17) is 13.9 Å². The smallest absolute Gasteiger partial charge is 0.191 e. The topological polar surface area (TPSA) is 88.3 Å². The van der Waals surface area contributed by atoms with Gasteiger partial charge in [-0.2, -0.15) is 0 Å². The minimum Gasteiger partial charge on any atom is -0.494 e. The molecule has 0 amide bonds. The van der Waals surface area contributed by atoms with Gasteiger partial charge in [-0.15, -0.1) is 24.0 Å². The average Bonchev–Trinajstić information content (AvgIpc) is 3.33. The second-order valence-electron chi connectivity index (χ2n) is 7.43. The highest BCUT2D eigenvalue weighted by Crippen LogP contribution is 2.35. The lowest BCUT2D eigenvalue weighted by molar-refractivity contribution is 0.0386. The Morgan fingerprint density at radius 1 is 1.33 bits per heavy atom. The van der Waals surface area contributed by atoms with Gasteiger partial charge in [0.1, 0.15) is 29.0 Å². The molecule has 7 nitrogen and oxygen atoms in total. The molecule has 166 valence electrons. The molecular weight excluding hydrogens is 497 g/mol. The summed E-state index contributed by atoms with van der Waals surface area (Å²) in [6, 6.07) is 7.60. The van der Waals surface area contributed by atoms with E-state index in [2.05, 4.69) is 28.6 Å². The summed E-state index contributed by atoms with van der Waals surface area (Å²) < 4.78 is 17.1. The standard InChI is InChI=1S/C22H31N3O4.HI/c1-5-23-21(25-14-22(4,26)20-8-7-9-28-20)24-13-17-12-19-16(10-15(3)29-19)11-18(17)27-6-2;/h7-9,11-12,15,26H,5-6,10,13-14H2,1-4H3,(H2,23,24,25);1H. The number of aliphatic hydroxyl groups is 1. The van der Waals surface area contributed by atoms with Crippen molar-refractivity contribution in [2.45, 2.75) is 52.4 Å². The van der Waals surface area contributed by atoms with Crippen LogP contribution in [0.5, 0.6) is 11.5 Å². The van der Waals surface area contributed by atoms with Gasteiger partial charge in [-0.25, -0.2) is 4.99 Å². The molecule has 1 aromatic heterocycles. The minimum absolute atomic E-state index is 0. The molecule has 0 radical (unpaired) electrons. The highest BCUT2D eigenvalue weighted by Gasteiger charge is 2.26. The molecular formula is C22H32IN3O4. The zero-order valence-corrected chi connectivity index (χ0v) is 20.4.